The molecule has 0 unspecified atom stereocenters. The minimum atomic E-state index is -4.33. The second-order valence-electron chi connectivity index (χ2n) is 2.50. The van der Waals surface area contributed by atoms with Crippen molar-refractivity contribution < 1.29 is 13.2 Å². The van der Waals surface area contributed by atoms with Crippen LogP contribution < -0.4 is 0 Å². The molecule has 74 valence electrons. The highest BCUT2D eigenvalue weighted by atomic mass is 79.9. The summed E-state index contributed by atoms with van der Waals surface area (Å²) >= 11 is 3.19. The fourth-order valence-corrected chi connectivity index (χ4v) is 1.11. The van der Waals surface area contributed by atoms with Crippen LogP contribution in [0, 0.1) is 0 Å². The van der Waals surface area contributed by atoms with Crippen molar-refractivity contribution in [1.29, 1.82) is 0 Å². The van der Waals surface area contributed by atoms with E-state index in [2.05, 4.69) is 21.0 Å². The highest BCUT2D eigenvalue weighted by Crippen LogP contribution is 2.27. The smallest absolute Gasteiger partial charge is 0.272 e. The molecule has 0 bridgehead atoms. The summed E-state index contributed by atoms with van der Waals surface area (Å²) in [6, 6.07) is 0.980. The topological polar surface area (TPSA) is 17.8 Å². The Labute approximate surface area is 81.9 Å². The van der Waals surface area contributed by atoms with E-state index >= 15 is 0 Å². The number of aryl methyl sites for hydroxylation is 1. The van der Waals surface area contributed by atoms with Gasteiger partial charge in [0.25, 0.3) is 0 Å². The molecule has 6 heteroatoms. The number of hydrogen-bond acceptors (Lipinski definition) is 1. The van der Waals surface area contributed by atoms with Crippen LogP contribution in [-0.2, 0) is 12.7 Å². The van der Waals surface area contributed by atoms with E-state index in [1.807, 2.05) is 0 Å². The summed E-state index contributed by atoms with van der Waals surface area (Å²) in [5, 5.41) is 4.15. The maximum absolute atomic E-state index is 12.0. The second kappa shape index (κ2) is 4.13. The molecule has 0 aliphatic carbocycles. The van der Waals surface area contributed by atoms with Crippen molar-refractivity contribution in [2.45, 2.75) is 19.1 Å². The Morgan fingerprint density at radius 1 is 1.46 bits per heavy atom. The van der Waals surface area contributed by atoms with E-state index in [9.17, 15) is 13.2 Å². The van der Waals surface area contributed by atoms with Gasteiger partial charge >= 0.3 is 6.18 Å². The third-order valence-corrected chi connectivity index (χ3v) is 2.01. The van der Waals surface area contributed by atoms with Gasteiger partial charge in [-0.3, -0.25) is 4.68 Å². The molecule has 1 rings (SSSR count). The van der Waals surface area contributed by atoms with Gasteiger partial charge in [0.15, 0.2) is 5.69 Å². The molecule has 0 N–H and O–H groups in total. The van der Waals surface area contributed by atoms with Crippen LogP contribution in [0.1, 0.15) is 12.1 Å². The zero-order valence-corrected chi connectivity index (χ0v) is 8.27. The maximum atomic E-state index is 12.0. The molecule has 1 aromatic rings. The summed E-state index contributed by atoms with van der Waals surface area (Å²) in [7, 11) is 0. The van der Waals surface area contributed by atoms with Gasteiger partial charge < -0.3 is 0 Å². The number of rotatable bonds is 3. The summed E-state index contributed by atoms with van der Waals surface area (Å²) < 4.78 is 37.4. The molecule has 0 aromatic carbocycles. The predicted octanol–water partition coefficient (Wildman–Crippen LogP) is 2.69. The first-order chi connectivity index (χ1) is 6.04. The Balaban J connectivity index is 2.64. The van der Waals surface area contributed by atoms with Crippen molar-refractivity contribution in [2.75, 3.05) is 5.33 Å². The van der Waals surface area contributed by atoms with Gasteiger partial charge in [0.05, 0.1) is 0 Å². The van der Waals surface area contributed by atoms with Gasteiger partial charge in [0.2, 0.25) is 0 Å². The predicted molar refractivity (Wildman–Crippen MR) is 45.6 cm³/mol. The van der Waals surface area contributed by atoms with Crippen molar-refractivity contribution >= 4 is 15.9 Å². The molecule has 0 fully saturated rings. The molecule has 0 saturated heterocycles. The number of alkyl halides is 4. The Hall–Kier alpha value is -0.520. The van der Waals surface area contributed by atoms with E-state index < -0.39 is 11.9 Å². The minimum absolute atomic E-state index is 0.501. The second-order valence-corrected chi connectivity index (χ2v) is 3.30. The molecule has 1 heterocycles. The summed E-state index contributed by atoms with van der Waals surface area (Å²) in [6.45, 7) is 0.501. The molecule has 2 nitrogen and oxygen atoms in total. The van der Waals surface area contributed by atoms with Gasteiger partial charge in [0.1, 0.15) is 0 Å². The molecule has 13 heavy (non-hydrogen) atoms. The Morgan fingerprint density at radius 3 is 2.62 bits per heavy atom. The Kier molecular flexibility index (Phi) is 3.35. The van der Waals surface area contributed by atoms with Gasteiger partial charge in [-0.05, 0) is 12.5 Å². The molecule has 0 spiro atoms. The number of nitrogens with zero attached hydrogens (tertiary/aromatic N) is 2. The lowest BCUT2D eigenvalue weighted by Crippen LogP contribution is -2.08. The van der Waals surface area contributed by atoms with Crippen LogP contribution >= 0.6 is 15.9 Å². The summed E-state index contributed by atoms with van der Waals surface area (Å²) in [6.07, 6.45) is -2.23. The largest absolute Gasteiger partial charge is 0.435 e. The number of aromatic nitrogens is 2. The highest BCUT2D eigenvalue weighted by molar-refractivity contribution is 9.09. The molecular weight excluding hydrogens is 249 g/mol. The van der Waals surface area contributed by atoms with E-state index in [1.165, 1.54) is 10.9 Å². The van der Waals surface area contributed by atoms with Crippen molar-refractivity contribution in [3.05, 3.63) is 18.0 Å². The van der Waals surface area contributed by atoms with E-state index in [0.717, 1.165) is 17.8 Å². The first-order valence-electron chi connectivity index (χ1n) is 3.70. The van der Waals surface area contributed by atoms with Gasteiger partial charge in [-0.25, -0.2) is 0 Å². The highest BCUT2D eigenvalue weighted by Gasteiger charge is 2.33. The fraction of sp³-hybridized carbons (Fsp3) is 0.571. The average molecular weight is 257 g/mol. The van der Waals surface area contributed by atoms with Crippen LogP contribution in [0.2, 0.25) is 0 Å². The minimum Gasteiger partial charge on any atom is -0.272 e. The van der Waals surface area contributed by atoms with Crippen molar-refractivity contribution in [3.8, 4) is 0 Å². The van der Waals surface area contributed by atoms with Gasteiger partial charge in [0, 0.05) is 18.1 Å². The zero-order valence-electron chi connectivity index (χ0n) is 6.68. The van der Waals surface area contributed by atoms with Gasteiger partial charge in [-0.15, -0.1) is 0 Å². The van der Waals surface area contributed by atoms with E-state index in [4.69, 9.17) is 0 Å². The Bertz CT molecular complexity index is 269. The standard InChI is InChI=1S/C7H8BrF3N2/c8-3-1-4-13-5-2-6(12-13)7(9,10)11/h2,5H,1,3-4H2. The summed E-state index contributed by atoms with van der Waals surface area (Å²) in [5.74, 6) is 0. The van der Waals surface area contributed by atoms with Crippen molar-refractivity contribution in [1.82, 2.24) is 9.78 Å². The quantitative estimate of drug-likeness (QED) is 0.761. The Morgan fingerprint density at radius 2 is 2.15 bits per heavy atom. The molecule has 1 aromatic heterocycles. The third kappa shape index (κ3) is 3.02. The lowest BCUT2D eigenvalue weighted by atomic mass is 10.4. The molecule has 0 radical (unpaired) electrons. The van der Waals surface area contributed by atoms with Crippen LogP contribution in [-0.4, -0.2) is 15.1 Å². The first-order valence-corrected chi connectivity index (χ1v) is 4.83. The lowest BCUT2D eigenvalue weighted by Gasteiger charge is -2.01. The monoisotopic (exact) mass is 256 g/mol. The van der Waals surface area contributed by atoms with Crippen molar-refractivity contribution in [2.24, 2.45) is 0 Å². The van der Waals surface area contributed by atoms with Crippen molar-refractivity contribution in [3.63, 3.8) is 0 Å². The molecular formula is C7H8BrF3N2. The average Bonchev–Trinajstić information content (AvgIpc) is 2.47. The SMILES string of the molecule is FC(F)(F)c1ccn(CCCBr)n1. The molecule has 0 atom stereocenters. The van der Waals surface area contributed by atoms with Crippen LogP contribution in [0.15, 0.2) is 12.3 Å². The van der Waals surface area contributed by atoms with Gasteiger partial charge in [-0.1, -0.05) is 15.9 Å². The zero-order chi connectivity index (χ0) is 9.90. The first kappa shape index (κ1) is 10.6. The van der Waals surface area contributed by atoms with Gasteiger partial charge in [-0.2, -0.15) is 18.3 Å². The van der Waals surface area contributed by atoms with E-state index in [0.29, 0.717) is 6.54 Å². The third-order valence-electron chi connectivity index (χ3n) is 1.45. The van der Waals surface area contributed by atoms with Crippen LogP contribution in [0.3, 0.4) is 0 Å². The molecule has 0 aliphatic heterocycles. The number of halogens is 4. The summed E-state index contributed by atoms with van der Waals surface area (Å²) in [4.78, 5) is 0. The van der Waals surface area contributed by atoms with Crippen LogP contribution in [0.4, 0.5) is 13.2 Å². The molecule has 0 aliphatic rings. The van der Waals surface area contributed by atoms with E-state index in [-0.39, 0.29) is 0 Å². The molecule has 0 saturated carbocycles. The lowest BCUT2D eigenvalue weighted by molar-refractivity contribution is -0.141. The fourth-order valence-electron chi connectivity index (χ4n) is 0.859. The normalized spacial score (nSPS) is 12.0. The maximum Gasteiger partial charge on any atom is 0.435 e. The molecule has 0 amide bonds. The summed E-state index contributed by atoms with van der Waals surface area (Å²) in [5.41, 5.74) is -0.831. The number of hydrogen-bond donors (Lipinski definition) is 0. The van der Waals surface area contributed by atoms with Crippen LogP contribution in [0.25, 0.3) is 0 Å². The van der Waals surface area contributed by atoms with E-state index in [1.54, 1.807) is 0 Å². The van der Waals surface area contributed by atoms with Crippen LogP contribution in [0.5, 0.6) is 0 Å².